The van der Waals surface area contributed by atoms with Crippen LogP contribution in [0.3, 0.4) is 0 Å². The van der Waals surface area contributed by atoms with E-state index in [0.29, 0.717) is 6.54 Å². The molecule has 0 aliphatic carbocycles. The second kappa shape index (κ2) is 6.99. The maximum absolute atomic E-state index is 13.5. The Labute approximate surface area is 125 Å². The number of nitrogens with one attached hydrogen (secondary N) is 1. The van der Waals surface area contributed by atoms with Gasteiger partial charge < -0.3 is 10.4 Å². The summed E-state index contributed by atoms with van der Waals surface area (Å²) in [6, 6.07) is 2.23. The Kier molecular flexibility index (Phi) is 5.88. The van der Waals surface area contributed by atoms with Crippen LogP contribution in [0, 0.1) is 21.3 Å². The van der Waals surface area contributed by atoms with E-state index in [1.54, 1.807) is 0 Å². The van der Waals surface area contributed by atoms with E-state index in [1.807, 2.05) is 13.8 Å². The minimum absolute atomic E-state index is 0.0280. The quantitative estimate of drug-likeness (QED) is 0.581. The van der Waals surface area contributed by atoms with E-state index in [4.69, 9.17) is 0 Å². The molecule has 0 heterocycles. The highest BCUT2D eigenvalue weighted by molar-refractivity contribution is 9.10. The summed E-state index contributed by atoms with van der Waals surface area (Å²) in [7, 11) is 0. The van der Waals surface area contributed by atoms with Crippen LogP contribution in [0.2, 0.25) is 0 Å². The molecule has 1 aromatic rings. The Morgan fingerprint density at radius 3 is 2.50 bits per heavy atom. The zero-order chi connectivity index (χ0) is 15.3. The van der Waals surface area contributed by atoms with Gasteiger partial charge in [0.25, 0.3) is 5.69 Å². The first-order valence-electron chi connectivity index (χ1n) is 6.37. The van der Waals surface area contributed by atoms with Crippen molar-refractivity contribution >= 4 is 27.3 Å². The zero-order valence-electron chi connectivity index (χ0n) is 11.4. The van der Waals surface area contributed by atoms with E-state index in [2.05, 4.69) is 21.2 Å². The van der Waals surface area contributed by atoms with Crippen molar-refractivity contribution in [2.45, 2.75) is 26.7 Å². The number of hydrogen-bond acceptors (Lipinski definition) is 4. The molecule has 1 rings (SSSR count). The standard InChI is InChI=1S/C13H18BrFN2O3/c1-3-13(4-2,8-18)7-16-11-6-10(15)9(14)5-12(11)17(19)20/h5-6,16,18H,3-4,7-8H2,1-2H3. The monoisotopic (exact) mass is 348 g/mol. The fraction of sp³-hybridized carbons (Fsp3) is 0.538. The first kappa shape index (κ1) is 16.8. The van der Waals surface area contributed by atoms with Gasteiger partial charge in [0.05, 0.1) is 16.0 Å². The normalized spacial score (nSPS) is 11.4. The molecule has 0 fully saturated rings. The smallest absolute Gasteiger partial charge is 0.293 e. The van der Waals surface area contributed by atoms with Gasteiger partial charge in [0.15, 0.2) is 0 Å². The number of nitro benzene ring substituents is 1. The average Bonchev–Trinajstić information content (AvgIpc) is 2.44. The Morgan fingerprint density at radius 2 is 2.05 bits per heavy atom. The molecule has 112 valence electrons. The van der Waals surface area contributed by atoms with Crippen LogP contribution in [0.1, 0.15) is 26.7 Å². The summed E-state index contributed by atoms with van der Waals surface area (Å²) in [6.07, 6.45) is 1.44. The highest BCUT2D eigenvalue weighted by Crippen LogP contribution is 2.33. The van der Waals surface area contributed by atoms with Crippen molar-refractivity contribution in [1.82, 2.24) is 0 Å². The van der Waals surface area contributed by atoms with E-state index in [9.17, 15) is 19.6 Å². The molecule has 7 heteroatoms. The number of halogens is 2. The number of anilines is 1. The lowest BCUT2D eigenvalue weighted by molar-refractivity contribution is -0.384. The first-order chi connectivity index (χ1) is 9.39. The summed E-state index contributed by atoms with van der Waals surface area (Å²) >= 11 is 2.93. The summed E-state index contributed by atoms with van der Waals surface area (Å²) in [5, 5.41) is 23.4. The Hall–Kier alpha value is -1.21. The summed E-state index contributed by atoms with van der Waals surface area (Å²) < 4.78 is 13.6. The van der Waals surface area contributed by atoms with Gasteiger partial charge in [0, 0.05) is 24.1 Å². The van der Waals surface area contributed by atoms with E-state index in [1.165, 1.54) is 0 Å². The lowest BCUT2D eigenvalue weighted by atomic mass is 9.83. The molecule has 5 nitrogen and oxygen atoms in total. The molecule has 0 unspecified atom stereocenters. The maximum Gasteiger partial charge on any atom is 0.293 e. The minimum atomic E-state index is -0.569. The second-order valence-corrected chi connectivity index (χ2v) is 5.61. The summed E-state index contributed by atoms with van der Waals surface area (Å²) in [5.74, 6) is -0.569. The van der Waals surface area contributed by atoms with E-state index in [-0.39, 0.29) is 27.9 Å². The molecule has 20 heavy (non-hydrogen) atoms. The molecule has 0 bridgehead atoms. The fourth-order valence-electron chi connectivity index (χ4n) is 1.89. The number of aliphatic hydroxyl groups excluding tert-OH is 1. The first-order valence-corrected chi connectivity index (χ1v) is 7.16. The molecule has 0 atom stereocenters. The molecule has 0 radical (unpaired) electrons. The topological polar surface area (TPSA) is 75.4 Å². The summed E-state index contributed by atoms with van der Waals surface area (Å²) in [4.78, 5) is 10.4. The highest BCUT2D eigenvalue weighted by atomic mass is 79.9. The van der Waals surface area contributed by atoms with E-state index < -0.39 is 10.7 Å². The van der Waals surface area contributed by atoms with Gasteiger partial charge in [0.2, 0.25) is 0 Å². The Balaban J connectivity index is 3.03. The SMILES string of the molecule is CCC(CC)(CO)CNc1cc(F)c(Br)cc1[N+](=O)[O-]. The van der Waals surface area contributed by atoms with Gasteiger partial charge in [0.1, 0.15) is 11.5 Å². The molecular formula is C13H18BrFN2O3. The maximum atomic E-state index is 13.5. The van der Waals surface area contributed by atoms with Gasteiger partial charge in [-0.15, -0.1) is 0 Å². The van der Waals surface area contributed by atoms with Crippen molar-refractivity contribution in [3.05, 3.63) is 32.5 Å². The van der Waals surface area contributed by atoms with Crippen LogP contribution in [0.25, 0.3) is 0 Å². The van der Waals surface area contributed by atoms with E-state index >= 15 is 0 Å². The third-order valence-electron chi connectivity index (χ3n) is 3.72. The zero-order valence-corrected chi connectivity index (χ0v) is 13.0. The van der Waals surface area contributed by atoms with Crippen LogP contribution < -0.4 is 5.32 Å². The minimum Gasteiger partial charge on any atom is -0.396 e. The third kappa shape index (κ3) is 3.67. The van der Waals surface area contributed by atoms with Crippen LogP contribution >= 0.6 is 15.9 Å². The molecule has 0 spiro atoms. The molecule has 0 aromatic heterocycles. The molecule has 0 saturated carbocycles. The predicted octanol–water partition coefficient (Wildman–Crippen LogP) is 3.71. The lowest BCUT2D eigenvalue weighted by Crippen LogP contribution is -2.32. The van der Waals surface area contributed by atoms with Crippen LogP contribution in [0.15, 0.2) is 16.6 Å². The summed E-state index contributed by atoms with van der Waals surface area (Å²) in [6.45, 7) is 4.20. The van der Waals surface area contributed by atoms with Crippen molar-refractivity contribution < 1.29 is 14.4 Å². The average molecular weight is 349 g/mol. The molecule has 2 N–H and O–H groups in total. The number of benzene rings is 1. The van der Waals surface area contributed by atoms with Gasteiger partial charge in [-0.2, -0.15) is 0 Å². The van der Waals surface area contributed by atoms with E-state index in [0.717, 1.165) is 25.0 Å². The molecule has 0 aliphatic heterocycles. The predicted molar refractivity (Wildman–Crippen MR) is 79.3 cm³/mol. The molecule has 1 aromatic carbocycles. The number of aliphatic hydroxyl groups is 1. The number of nitro groups is 1. The fourth-order valence-corrected chi connectivity index (χ4v) is 2.22. The van der Waals surface area contributed by atoms with Crippen LogP contribution in [-0.2, 0) is 0 Å². The number of nitrogens with zero attached hydrogens (tertiary/aromatic N) is 1. The molecule has 0 aliphatic rings. The third-order valence-corrected chi connectivity index (χ3v) is 4.33. The van der Waals surface area contributed by atoms with Crippen LogP contribution in [-0.4, -0.2) is 23.2 Å². The number of hydrogen-bond donors (Lipinski definition) is 2. The van der Waals surface area contributed by atoms with Crippen molar-refractivity contribution in [1.29, 1.82) is 0 Å². The van der Waals surface area contributed by atoms with Crippen molar-refractivity contribution in [2.24, 2.45) is 5.41 Å². The highest BCUT2D eigenvalue weighted by Gasteiger charge is 2.26. The van der Waals surface area contributed by atoms with Crippen molar-refractivity contribution in [3.63, 3.8) is 0 Å². The van der Waals surface area contributed by atoms with Gasteiger partial charge in [-0.1, -0.05) is 13.8 Å². The molecular weight excluding hydrogens is 331 g/mol. The Morgan fingerprint density at radius 1 is 1.45 bits per heavy atom. The van der Waals surface area contributed by atoms with Gasteiger partial charge >= 0.3 is 0 Å². The number of rotatable bonds is 7. The summed E-state index contributed by atoms with van der Waals surface area (Å²) in [5.41, 5.74) is -0.440. The second-order valence-electron chi connectivity index (χ2n) is 4.76. The van der Waals surface area contributed by atoms with Crippen LogP contribution in [0.4, 0.5) is 15.8 Å². The van der Waals surface area contributed by atoms with Crippen molar-refractivity contribution in [3.8, 4) is 0 Å². The van der Waals surface area contributed by atoms with Gasteiger partial charge in [-0.05, 0) is 28.8 Å². The van der Waals surface area contributed by atoms with Gasteiger partial charge in [-0.3, -0.25) is 10.1 Å². The van der Waals surface area contributed by atoms with Crippen molar-refractivity contribution in [2.75, 3.05) is 18.5 Å². The van der Waals surface area contributed by atoms with Gasteiger partial charge in [-0.25, -0.2) is 4.39 Å². The Bertz CT molecular complexity index is 484. The van der Waals surface area contributed by atoms with Crippen LogP contribution in [0.5, 0.6) is 0 Å². The molecule has 0 saturated heterocycles. The molecule has 0 amide bonds. The lowest BCUT2D eigenvalue weighted by Gasteiger charge is -2.29. The largest absolute Gasteiger partial charge is 0.396 e.